The lowest BCUT2D eigenvalue weighted by atomic mass is 10.0. The maximum Gasteiger partial charge on any atom is 0.248 e. The van der Waals surface area contributed by atoms with Gasteiger partial charge in [-0.3, -0.25) is 14.6 Å². The van der Waals surface area contributed by atoms with Gasteiger partial charge in [-0.15, -0.1) is 0 Å². The Morgan fingerprint density at radius 2 is 1.80 bits per heavy atom. The molecule has 0 spiro atoms. The molecule has 0 radical (unpaired) electrons. The number of amidine groups is 1. The Morgan fingerprint density at radius 3 is 2.36 bits per heavy atom. The fourth-order valence-corrected chi connectivity index (χ4v) is 3.01. The van der Waals surface area contributed by atoms with Crippen molar-refractivity contribution in [2.24, 2.45) is 10.8 Å². The predicted octanol–water partition coefficient (Wildman–Crippen LogP) is 2.95. The highest BCUT2D eigenvalue weighted by Gasteiger charge is 2.29. The first-order chi connectivity index (χ1) is 11.9. The molecule has 0 aromatic heterocycles. The van der Waals surface area contributed by atoms with E-state index < -0.39 is 5.91 Å². The van der Waals surface area contributed by atoms with Crippen LogP contribution < -0.4 is 16.1 Å². The highest BCUT2D eigenvalue weighted by molar-refractivity contribution is 9.10. The third kappa shape index (κ3) is 3.88. The Balaban J connectivity index is 1.94. The highest BCUT2D eigenvalue weighted by atomic mass is 79.9. The molecule has 1 unspecified atom stereocenters. The fourth-order valence-electron chi connectivity index (χ4n) is 2.75. The van der Waals surface area contributed by atoms with Crippen LogP contribution in [0.4, 0.5) is 5.69 Å². The fraction of sp³-hybridized carbons (Fsp3) is 0.167. The molecular weight excluding hydrogens is 384 g/mol. The summed E-state index contributed by atoms with van der Waals surface area (Å²) in [5.74, 6) is -0.00319. The number of hydrogen-bond acceptors (Lipinski definition) is 4. The zero-order valence-electron chi connectivity index (χ0n) is 13.6. The van der Waals surface area contributed by atoms with Gasteiger partial charge in [0.15, 0.2) is 0 Å². The van der Waals surface area contributed by atoms with Gasteiger partial charge in [-0.2, -0.15) is 5.10 Å². The van der Waals surface area contributed by atoms with E-state index in [4.69, 9.17) is 5.73 Å². The molecule has 0 aliphatic carbocycles. The molecule has 2 aromatic carbocycles. The number of nitrogens with zero attached hydrogens (tertiary/aromatic N) is 2. The summed E-state index contributed by atoms with van der Waals surface area (Å²) in [4.78, 5) is 22.6. The summed E-state index contributed by atoms with van der Waals surface area (Å²) in [6.07, 6.45) is 0.561. The van der Waals surface area contributed by atoms with Gasteiger partial charge in [-0.05, 0) is 42.0 Å². The van der Waals surface area contributed by atoms with Gasteiger partial charge in [-0.25, -0.2) is 0 Å². The smallest absolute Gasteiger partial charge is 0.248 e. The summed E-state index contributed by atoms with van der Waals surface area (Å²) in [7, 11) is 0. The van der Waals surface area contributed by atoms with Crippen LogP contribution in [-0.4, -0.2) is 17.6 Å². The van der Waals surface area contributed by atoms with Crippen molar-refractivity contribution < 1.29 is 9.59 Å². The van der Waals surface area contributed by atoms with E-state index in [1.54, 1.807) is 12.1 Å². The SMILES string of the molecule is CC(=O)NC1=NN(c2ccc(Br)cc2)C(c2ccc(C(N)=O)cc2)C1. The molecule has 2 amide bonds. The van der Waals surface area contributed by atoms with E-state index >= 15 is 0 Å². The van der Waals surface area contributed by atoms with Crippen LogP contribution in [0.5, 0.6) is 0 Å². The van der Waals surface area contributed by atoms with Gasteiger partial charge >= 0.3 is 0 Å². The number of nitrogens with one attached hydrogen (secondary N) is 1. The largest absolute Gasteiger partial charge is 0.366 e. The second-order valence-electron chi connectivity index (χ2n) is 5.76. The predicted molar refractivity (Wildman–Crippen MR) is 100 cm³/mol. The normalized spacial score (nSPS) is 16.5. The lowest BCUT2D eigenvalue weighted by Crippen LogP contribution is -2.26. The van der Waals surface area contributed by atoms with Gasteiger partial charge in [0.1, 0.15) is 5.84 Å². The Hall–Kier alpha value is -2.67. The maximum atomic E-state index is 11.4. The minimum absolute atomic E-state index is 0.0787. The van der Waals surface area contributed by atoms with Crippen molar-refractivity contribution in [3.8, 4) is 0 Å². The number of rotatable bonds is 3. The third-order valence-electron chi connectivity index (χ3n) is 3.90. The number of carbonyl (C=O) groups excluding carboxylic acids is 2. The van der Waals surface area contributed by atoms with Gasteiger partial charge in [0.05, 0.1) is 11.7 Å². The van der Waals surface area contributed by atoms with Crippen LogP contribution in [0, 0.1) is 0 Å². The molecule has 1 aliphatic heterocycles. The van der Waals surface area contributed by atoms with Gasteiger partial charge in [0.25, 0.3) is 0 Å². The molecule has 2 aromatic rings. The molecule has 0 saturated carbocycles. The molecule has 3 N–H and O–H groups in total. The molecule has 1 heterocycles. The second-order valence-corrected chi connectivity index (χ2v) is 6.67. The lowest BCUT2D eigenvalue weighted by Gasteiger charge is -2.24. The summed E-state index contributed by atoms with van der Waals surface area (Å²) in [6.45, 7) is 1.46. The standard InChI is InChI=1S/C18H17BrN4O2/c1-11(24)21-17-10-16(12-2-4-13(5-3-12)18(20)25)23(22-17)15-8-6-14(19)7-9-15/h2-9,16H,10H2,1H3,(H2,20,25)(H,21,22,24). The number of hydrazone groups is 1. The van der Waals surface area contributed by atoms with Crippen LogP contribution in [-0.2, 0) is 4.79 Å². The second kappa shape index (κ2) is 7.06. The first kappa shape index (κ1) is 17.2. The van der Waals surface area contributed by atoms with Crippen molar-refractivity contribution in [3.63, 3.8) is 0 Å². The first-order valence-corrected chi connectivity index (χ1v) is 8.53. The van der Waals surface area contributed by atoms with Crippen molar-refractivity contribution in [2.75, 3.05) is 5.01 Å². The molecule has 0 bridgehead atoms. The van der Waals surface area contributed by atoms with Gasteiger partial charge in [0, 0.05) is 23.4 Å². The first-order valence-electron chi connectivity index (χ1n) is 7.73. The minimum Gasteiger partial charge on any atom is -0.366 e. The molecule has 128 valence electrons. The summed E-state index contributed by atoms with van der Waals surface area (Å²) in [6, 6.07) is 14.8. The van der Waals surface area contributed by atoms with Crippen molar-refractivity contribution >= 4 is 39.3 Å². The van der Waals surface area contributed by atoms with Crippen LogP contribution >= 0.6 is 15.9 Å². The van der Waals surface area contributed by atoms with E-state index in [0.29, 0.717) is 17.8 Å². The Labute approximate surface area is 153 Å². The number of nitrogens with two attached hydrogens (primary N) is 1. The van der Waals surface area contributed by atoms with E-state index in [9.17, 15) is 9.59 Å². The summed E-state index contributed by atoms with van der Waals surface area (Å²) < 4.78 is 0.976. The molecule has 1 atom stereocenters. The van der Waals surface area contributed by atoms with Gasteiger partial charge in [-0.1, -0.05) is 28.1 Å². The Morgan fingerprint density at radius 1 is 1.16 bits per heavy atom. The van der Waals surface area contributed by atoms with Gasteiger partial charge < -0.3 is 11.1 Å². The number of carbonyl (C=O) groups is 2. The van der Waals surface area contributed by atoms with Crippen molar-refractivity contribution in [2.45, 2.75) is 19.4 Å². The number of anilines is 1. The van der Waals surface area contributed by atoms with Crippen LogP contribution in [0.25, 0.3) is 0 Å². The van der Waals surface area contributed by atoms with Crippen LogP contribution in [0.1, 0.15) is 35.3 Å². The zero-order chi connectivity index (χ0) is 18.0. The number of halogens is 1. The van der Waals surface area contributed by atoms with Crippen LogP contribution in [0.15, 0.2) is 58.1 Å². The number of primary amides is 1. The van der Waals surface area contributed by atoms with Crippen LogP contribution in [0.2, 0.25) is 0 Å². The number of amides is 2. The maximum absolute atomic E-state index is 11.4. The Kier molecular flexibility index (Phi) is 4.85. The van der Waals surface area contributed by atoms with E-state index in [0.717, 1.165) is 15.7 Å². The topological polar surface area (TPSA) is 87.8 Å². The Bertz CT molecular complexity index is 831. The van der Waals surface area contributed by atoms with Crippen molar-refractivity contribution in [3.05, 3.63) is 64.1 Å². The number of benzene rings is 2. The van der Waals surface area contributed by atoms with E-state index in [2.05, 4.69) is 26.3 Å². The van der Waals surface area contributed by atoms with E-state index in [-0.39, 0.29) is 11.9 Å². The van der Waals surface area contributed by atoms with Crippen LogP contribution in [0.3, 0.4) is 0 Å². The van der Waals surface area contributed by atoms with E-state index in [1.807, 2.05) is 41.4 Å². The van der Waals surface area contributed by atoms with Crippen molar-refractivity contribution in [1.29, 1.82) is 0 Å². The van der Waals surface area contributed by atoms with Gasteiger partial charge in [0.2, 0.25) is 11.8 Å². The molecule has 0 fully saturated rings. The van der Waals surface area contributed by atoms with E-state index in [1.165, 1.54) is 6.92 Å². The highest BCUT2D eigenvalue weighted by Crippen LogP contribution is 2.35. The lowest BCUT2D eigenvalue weighted by molar-refractivity contribution is -0.117. The quantitative estimate of drug-likeness (QED) is 0.829. The average molecular weight is 401 g/mol. The molecule has 6 nitrogen and oxygen atoms in total. The molecule has 0 saturated heterocycles. The molecule has 7 heteroatoms. The monoisotopic (exact) mass is 400 g/mol. The molecule has 1 aliphatic rings. The minimum atomic E-state index is -0.460. The summed E-state index contributed by atoms with van der Waals surface area (Å²) in [5, 5.41) is 9.19. The molecule has 25 heavy (non-hydrogen) atoms. The zero-order valence-corrected chi connectivity index (χ0v) is 15.2. The third-order valence-corrected chi connectivity index (χ3v) is 4.43. The average Bonchev–Trinajstić information content (AvgIpc) is 2.98. The number of hydrogen-bond donors (Lipinski definition) is 2. The molecule has 3 rings (SSSR count). The summed E-state index contributed by atoms with van der Waals surface area (Å²) >= 11 is 3.43. The van der Waals surface area contributed by atoms with Crippen molar-refractivity contribution in [1.82, 2.24) is 5.32 Å². The summed E-state index contributed by atoms with van der Waals surface area (Å²) in [5.41, 5.74) is 7.65. The molecular formula is C18H17BrN4O2.